The van der Waals surface area contributed by atoms with Crippen molar-refractivity contribution in [2.45, 2.75) is 196 Å². The highest BCUT2D eigenvalue weighted by Gasteiger charge is 2.11. The Morgan fingerprint density at radius 1 is 0.481 bits per heavy atom. The van der Waals surface area contributed by atoms with E-state index in [4.69, 9.17) is 9.47 Å². The summed E-state index contributed by atoms with van der Waals surface area (Å²) in [6.45, 7) is 18.8. The summed E-state index contributed by atoms with van der Waals surface area (Å²) >= 11 is 0. The van der Waals surface area contributed by atoms with Crippen LogP contribution in [0.4, 0.5) is 0 Å². The molecule has 0 aliphatic carbocycles. The molecule has 0 spiro atoms. The minimum atomic E-state index is -0.0252. The fourth-order valence-electron chi connectivity index (χ4n) is 6.60. The van der Waals surface area contributed by atoms with Gasteiger partial charge in [-0.05, 0) is 118 Å². The normalized spacial score (nSPS) is 12.6. The smallest absolute Gasteiger partial charge is 0.306 e. The topological polar surface area (TPSA) is 59.1 Å². The molecule has 0 aromatic carbocycles. The van der Waals surface area contributed by atoms with Crippen LogP contribution in [-0.4, -0.2) is 75.2 Å². The maximum absolute atomic E-state index is 12.1. The maximum Gasteiger partial charge on any atom is 0.306 e. The number of carbonyl (C=O) groups is 2. The molecule has 0 fully saturated rings. The molecular weight excluding hydrogens is 645 g/mol. The number of ether oxygens (including phenoxy) is 2. The lowest BCUT2D eigenvalue weighted by molar-refractivity contribution is -0.145. The third-order valence-corrected chi connectivity index (χ3v) is 10.1. The number of likely N-dealkylation sites (N-methyl/N-ethyl adjacent to an activating group) is 1. The van der Waals surface area contributed by atoms with Crippen molar-refractivity contribution in [3.8, 4) is 0 Å². The highest BCUT2D eigenvalue weighted by Crippen LogP contribution is 2.16. The zero-order chi connectivity index (χ0) is 38.7. The number of unbranched alkanes of at least 4 members (excludes halogenated alkanes) is 16. The molecule has 0 saturated heterocycles. The van der Waals surface area contributed by atoms with Crippen molar-refractivity contribution < 1.29 is 19.1 Å². The zero-order valence-corrected chi connectivity index (χ0v) is 36.1. The highest BCUT2D eigenvalue weighted by atomic mass is 16.5. The van der Waals surface area contributed by atoms with Gasteiger partial charge >= 0.3 is 11.9 Å². The minimum absolute atomic E-state index is 0.0241. The second kappa shape index (κ2) is 36.3. The number of hydrogen-bond donors (Lipinski definition) is 0. The van der Waals surface area contributed by atoms with E-state index in [0.717, 1.165) is 45.1 Å². The molecule has 6 heteroatoms. The summed E-state index contributed by atoms with van der Waals surface area (Å²) in [5.41, 5.74) is 2.70. The number of carbonyl (C=O) groups excluding carboxylic acids is 2. The Balaban J connectivity index is 3.73. The number of rotatable bonds is 37. The molecule has 2 unspecified atom stereocenters. The van der Waals surface area contributed by atoms with Gasteiger partial charge in [0.1, 0.15) is 0 Å². The molecular formula is C46H88N2O4. The van der Waals surface area contributed by atoms with Crippen LogP contribution < -0.4 is 0 Å². The Morgan fingerprint density at radius 3 is 1.13 bits per heavy atom. The first-order valence-corrected chi connectivity index (χ1v) is 21.9. The van der Waals surface area contributed by atoms with Gasteiger partial charge in [0, 0.05) is 25.9 Å². The molecule has 0 saturated carbocycles. The molecule has 0 aliphatic heterocycles. The number of esters is 2. The Labute approximate surface area is 324 Å². The van der Waals surface area contributed by atoms with Crippen LogP contribution in [0.3, 0.4) is 0 Å². The average molecular weight is 733 g/mol. The summed E-state index contributed by atoms with van der Waals surface area (Å²) in [5.74, 6) is 0.740. The predicted molar refractivity (Wildman–Crippen MR) is 225 cm³/mol. The lowest BCUT2D eigenvalue weighted by Crippen LogP contribution is -2.33. The van der Waals surface area contributed by atoms with Crippen molar-refractivity contribution in [1.82, 2.24) is 9.80 Å². The first-order chi connectivity index (χ1) is 25.0. The second-order valence-electron chi connectivity index (χ2n) is 16.8. The Kier molecular flexibility index (Phi) is 35.2. The van der Waals surface area contributed by atoms with Crippen molar-refractivity contribution in [2.24, 2.45) is 11.8 Å². The van der Waals surface area contributed by atoms with Crippen LogP contribution in [0.5, 0.6) is 0 Å². The van der Waals surface area contributed by atoms with Gasteiger partial charge in [0.25, 0.3) is 0 Å². The summed E-state index contributed by atoms with van der Waals surface area (Å²) < 4.78 is 11.0. The van der Waals surface area contributed by atoms with Crippen molar-refractivity contribution in [1.29, 1.82) is 0 Å². The molecule has 52 heavy (non-hydrogen) atoms. The van der Waals surface area contributed by atoms with E-state index in [-0.39, 0.29) is 11.9 Å². The van der Waals surface area contributed by atoms with E-state index >= 15 is 0 Å². The number of nitrogens with zero attached hydrogens (tertiary/aromatic N) is 2. The lowest BCUT2D eigenvalue weighted by atomic mass is 10.0. The van der Waals surface area contributed by atoms with E-state index in [1.165, 1.54) is 134 Å². The third kappa shape index (κ3) is 38.1. The first-order valence-electron chi connectivity index (χ1n) is 21.9. The summed E-state index contributed by atoms with van der Waals surface area (Å²) in [7, 11) is 4.37. The molecule has 2 atom stereocenters. The van der Waals surface area contributed by atoms with Crippen LogP contribution in [0.15, 0.2) is 23.3 Å². The van der Waals surface area contributed by atoms with Gasteiger partial charge in [-0.2, -0.15) is 0 Å². The fraction of sp³-hybridized carbons (Fsp3) is 0.870. The molecule has 0 amide bonds. The summed E-state index contributed by atoms with van der Waals surface area (Å²) in [4.78, 5) is 29.1. The number of allylic oxidation sites excluding steroid dienone is 4. The van der Waals surface area contributed by atoms with E-state index in [9.17, 15) is 9.59 Å². The van der Waals surface area contributed by atoms with Gasteiger partial charge in [0.15, 0.2) is 0 Å². The van der Waals surface area contributed by atoms with Gasteiger partial charge < -0.3 is 19.3 Å². The van der Waals surface area contributed by atoms with Crippen molar-refractivity contribution in [3.63, 3.8) is 0 Å². The third-order valence-electron chi connectivity index (χ3n) is 10.1. The molecule has 306 valence electrons. The standard InChI is InChI=1S/C46H88N2O4/c1-41(2)29-27-31-43(5)39-45(49)51-37-25-21-17-13-10-9-11-15-19-23-33-48(36-35-47(7)8)34-24-20-16-12-14-18-22-26-38-52-46(50)40-44(6)32-28-30-42(3)4/h29-30,43-44H,9-28,31-40H2,1-8H3. The fourth-order valence-corrected chi connectivity index (χ4v) is 6.60. The van der Waals surface area contributed by atoms with E-state index in [1.807, 2.05) is 0 Å². The molecule has 0 aromatic rings. The maximum atomic E-state index is 12.1. The summed E-state index contributed by atoms with van der Waals surface area (Å²) in [6, 6.07) is 0. The molecule has 0 aliphatic rings. The van der Waals surface area contributed by atoms with Crippen LogP contribution in [0.2, 0.25) is 0 Å². The summed E-state index contributed by atoms with van der Waals surface area (Å²) in [5, 5.41) is 0. The molecule has 0 N–H and O–H groups in total. The SMILES string of the molecule is CC(C)=CCCC(C)CC(=O)OCCCCCCCCCCCCN(CCCCCCCCCCOC(=O)CC(C)CCC=C(C)C)CCN(C)C. The monoisotopic (exact) mass is 733 g/mol. The van der Waals surface area contributed by atoms with Crippen molar-refractivity contribution >= 4 is 11.9 Å². The molecule has 0 bridgehead atoms. The van der Waals surface area contributed by atoms with Gasteiger partial charge in [0.2, 0.25) is 0 Å². The van der Waals surface area contributed by atoms with Crippen LogP contribution in [0.1, 0.15) is 196 Å². The van der Waals surface area contributed by atoms with Crippen LogP contribution in [0, 0.1) is 11.8 Å². The lowest BCUT2D eigenvalue weighted by Gasteiger charge is -2.24. The highest BCUT2D eigenvalue weighted by molar-refractivity contribution is 5.69. The van der Waals surface area contributed by atoms with Gasteiger partial charge in [-0.1, -0.05) is 127 Å². The Morgan fingerprint density at radius 2 is 0.808 bits per heavy atom. The molecule has 6 nitrogen and oxygen atoms in total. The van der Waals surface area contributed by atoms with Crippen molar-refractivity contribution in [2.75, 3.05) is 53.5 Å². The van der Waals surface area contributed by atoms with E-state index in [1.54, 1.807) is 0 Å². The average Bonchev–Trinajstić information content (AvgIpc) is 3.07. The van der Waals surface area contributed by atoms with Crippen molar-refractivity contribution in [3.05, 3.63) is 23.3 Å². The van der Waals surface area contributed by atoms with Gasteiger partial charge in [-0.25, -0.2) is 0 Å². The predicted octanol–water partition coefficient (Wildman–Crippen LogP) is 12.5. The molecule has 0 rings (SSSR count). The van der Waals surface area contributed by atoms with Crippen LogP contribution >= 0.6 is 0 Å². The van der Waals surface area contributed by atoms with Crippen LogP contribution in [-0.2, 0) is 19.1 Å². The first kappa shape index (κ1) is 50.3. The molecule has 0 radical (unpaired) electrons. The van der Waals surface area contributed by atoms with Gasteiger partial charge in [-0.3, -0.25) is 9.59 Å². The minimum Gasteiger partial charge on any atom is -0.466 e. The molecule has 0 heterocycles. The van der Waals surface area contributed by atoms with Gasteiger partial charge in [0.05, 0.1) is 13.2 Å². The van der Waals surface area contributed by atoms with Gasteiger partial charge in [-0.15, -0.1) is 0 Å². The number of hydrogen-bond acceptors (Lipinski definition) is 6. The second-order valence-corrected chi connectivity index (χ2v) is 16.8. The largest absolute Gasteiger partial charge is 0.466 e. The molecule has 0 aromatic heterocycles. The summed E-state index contributed by atoms with van der Waals surface area (Å²) in [6.07, 6.45) is 32.7. The van der Waals surface area contributed by atoms with E-state index in [0.29, 0.717) is 37.9 Å². The zero-order valence-electron chi connectivity index (χ0n) is 36.1. The quantitative estimate of drug-likeness (QED) is 0.0360. The Bertz CT molecular complexity index is 891. The van der Waals surface area contributed by atoms with E-state index in [2.05, 4.69) is 77.6 Å². The van der Waals surface area contributed by atoms with E-state index < -0.39 is 0 Å². The Hall–Kier alpha value is -1.66. The van der Waals surface area contributed by atoms with Crippen LogP contribution in [0.25, 0.3) is 0 Å².